The van der Waals surface area contributed by atoms with Crippen LogP contribution in [0.25, 0.3) is 0 Å². The van der Waals surface area contributed by atoms with E-state index in [1.807, 2.05) is 13.1 Å². The van der Waals surface area contributed by atoms with Gasteiger partial charge in [0, 0.05) is 30.8 Å². The van der Waals surface area contributed by atoms with Gasteiger partial charge in [-0.2, -0.15) is 0 Å². The number of carbonyl (C=O) groups excluding carboxylic acids is 2. The lowest BCUT2D eigenvalue weighted by Crippen LogP contribution is -2.44. The molecule has 2 saturated heterocycles. The molecule has 162 valence electrons. The van der Waals surface area contributed by atoms with E-state index in [9.17, 15) is 9.59 Å². The van der Waals surface area contributed by atoms with E-state index >= 15 is 0 Å². The molecule has 6 heteroatoms. The van der Waals surface area contributed by atoms with Crippen LogP contribution in [-0.4, -0.2) is 48.6 Å². The van der Waals surface area contributed by atoms with Crippen LogP contribution in [0.15, 0.2) is 18.2 Å². The fourth-order valence-electron chi connectivity index (χ4n) is 5.46. The molecule has 6 nitrogen and oxygen atoms in total. The SMILES string of the molecule is CNc1cc(C2CCN(C3CCCCC3)CC2)ccc1C(=N)C1CCC(=O)NC1=O. The van der Waals surface area contributed by atoms with Crippen LogP contribution in [0.4, 0.5) is 5.69 Å². The molecule has 4 rings (SSSR count). The summed E-state index contributed by atoms with van der Waals surface area (Å²) >= 11 is 0. The van der Waals surface area contributed by atoms with E-state index in [1.165, 1.54) is 63.6 Å². The average Bonchev–Trinajstić information content (AvgIpc) is 2.79. The molecule has 3 fully saturated rings. The van der Waals surface area contributed by atoms with Gasteiger partial charge >= 0.3 is 0 Å². The molecule has 0 bridgehead atoms. The number of carbonyl (C=O) groups is 2. The zero-order valence-electron chi connectivity index (χ0n) is 18.0. The van der Waals surface area contributed by atoms with E-state index < -0.39 is 5.92 Å². The number of anilines is 1. The minimum Gasteiger partial charge on any atom is -0.388 e. The molecule has 0 aromatic heterocycles. The Morgan fingerprint density at radius 2 is 1.80 bits per heavy atom. The minimum atomic E-state index is -0.556. The molecular formula is C24H34N4O2. The fraction of sp³-hybridized carbons (Fsp3) is 0.625. The zero-order valence-corrected chi connectivity index (χ0v) is 18.0. The summed E-state index contributed by atoms with van der Waals surface area (Å²) in [7, 11) is 1.87. The van der Waals surface area contributed by atoms with Gasteiger partial charge in [-0.15, -0.1) is 0 Å². The summed E-state index contributed by atoms with van der Waals surface area (Å²) in [6, 6.07) is 7.08. The average molecular weight is 411 g/mol. The highest BCUT2D eigenvalue weighted by molar-refractivity contribution is 6.17. The highest BCUT2D eigenvalue weighted by Crippen LogP contribution is 2.34. The van der Waals surface area contributed by atoms with Gasteiger partial charge in [-0.25, -0.2) is 0 Å². The second kappa shape index (κ2) is 9.29. The molecule has 2 aliphatic heterocycles. The van der Waals surface area contributed by atoms with Crippen molar-refractivity contribution >= 4 is 23.2 Å². The van der Waals surface area contributed by atoms with Crippen LogP contribution >= 0.6 is 0 Å². The van der Waals surface area contributed by atoms with Crippen molar-refractivity contribution in [3.05, 3.63) is 29.3 Å². The highest BCUT2D eigenvalue weighted by atomic mass is 16.2. The Hall–Kier alpha value is -2.21. The molecule has 1 unspecified atom stereocenters. The third-order valence-electron chi connectivity index (χ3n) is 7.28. The molecule has 1 saturated carbocycles. The van der Waals surface area contributed by atoms with Gasteiger partial charge in [0.25, 0.3) is 0 Å². The van der Waals surface area contributed by atoms with Gasteiger partial charge in [0.05, 0.1) is 11.6 Å². The lowest BCUT2D eigenvalue weighted by molar-refractivity contribution is -0.134. The van der Waals surface area contributed by atoms with Gasteiger partial charge in [0.1, 0.15) is 0 Å². The first-order valence-corrected chi connectivity index (χ1v) is 11.5. The van der Waals surface area contributed by atoms with Crippen molar-refractivity contribution in [2.75, 3.05) is 25.5 Å². The third kappa shape index (κ3) is 4.43. The van der Waals surface area contributed by atoms with Crippen molar-refractivity contribution in [1.82, 2.24) is 10.2 Å². The van der Waals surface area contributed by atoms with Crippen LogP contribution in [0.2, 0.25) is 0 Å². The number of hydrogen-bond acceptors (Lipinski definition) is 5. The van der Waals surface area contributed by atoms with Crippen molar-refractivity contribution < 1.29 is 9.59 Å². The van der Waals surface area contributed by atoms with Gasteiger partial charge in [-0.1, -0.05) is 31.4 Å². The Kier molecular flexibility index (Phi) is 6.52. The van der Waals surface area contributed by atoms with E-state index in [1.54, 1.807) is 0 Å². The first kappa shape index (κ1) is 21.0. The standard InChI is InChI=1S/C24H34N4O2/c1-26-21-15-17(16-11-13-28(14-12-16)18-5-3-2-4-6-18)7-8-19(21)23(25)20-9-10-22(29)27-24(20)30/h7-8,15-16,18,20,25-26H,2-6,9-14H2,1H3,(H,27,29,30). The molecule has 0 spiro atoms. The van der Waals surface area contributed by atoms with Crippen molar-refractivity contribution in [2.45, 2.75) is 69.7 Å². The third-order valence-corrected chi connectivity index (χ3v) is 7.28. The molecule has 1 aliphatic carbocycles. The summed E-state index contributed by atoms with van der Waals surface area (Å²) in [4.78, 5) is 26.3. The number of nitrogens with zero attached hydrogens (tertiary/aromatic N) is 1. The summed E-state index contributed by atoms with van der Waals surface area (Å²) in [5, 5.41) is 14.2. The van der Waals surface area contributed by atoms with Crippen LogP contribution in [0.1, 0.15) is 74.8 Å². The molecule has 3 aliphatic rings. The summed E-state index contributed by atoms with van der Waals surface area (Å²) in [6.45, 7) is 2.36. The number of hydrogen-bond donors (Lipinski definition) is 3. The van der Waals surface area contributed by atoms with Crippen molar-refractivity contribution in [1.29, 1.82) is 5.41 Å². The summed E-state index contributed by atoms with van der Waals surface area (Å²) < 4.78 is 0. The van der Waals surface area contributed by atoms with E-state index in [-0.39, 0.29) is 11.8 Å². The number of nitrogens with one attached hydrogen (secondary N) is 3. The molecule has 1 aromatic carbocycles. The zero-order chi connectivity index (χ0) is 21.1. The maximum absolute atomic E-state index is 12.2. The van der Waals surface area contributed by atoms with Crippen molar-refractivity contribution in [3.8, 4) is 0 Å². The van der Waals surface area contributed by atoms with Crippen molar-refractivity contribution in [3.63, 3.8) is 0 Å². The molecule has 2 heterocycles. The van der Waals surface area contributed by atoms with Crippen LogP contribution in [0.3, 0.4) is 0 Å². The van der Waals surface area contributed by atoms with Gasteiger partial charge in [-0.05, 0) is 62.7 Å². The Morgan fingerprint density at radius 3 is 2.47 bits per heavy atom. The smallest absolute Gasteiger partial charge is 0.235 e. The van der Waals surface area contributed by atoms with Gasteiger partial charge in [0.2, 0.25) is 11.8 Å². The molecule has 30 heavy (non-hydrogen) atoms. The summed E-state index contributed by atoms with van der Waals surface area (Å²) in [5.74, 6) is -0.597. The molecule has 2 amide bonds. The summed E-state index contributed by atoms with van der Waals surface area (Å²) in [6.07, 6.45) is 9.98. The fourth-order valence-corrected chi connectivity index (χ4v) is 5.46. The Bertz CT molecular complexity index is 807. The monoisotopic (exact) mass is 410 g/mol. The predicted molar refractivity (Wildman–Crippen MR) is 119 cm³/mol. The van der Waals surface area contributed by atoms with Crippen LogP contribution in [0.5, 0.6) is 0 Å². The number of imide groups is 1. The summed E-state index contributed by atoms with van der Waals surface area (Å²) in [5.41, 5.74) is 3.28. The molecule has 1 aromatic rings. The maximum Gasteiger partial charge on any atom is 0.235 e. The molecule has 0 radical (unpaired) electrons. The number of piperidine rings is 2. The van der Waals surface area contributed by atoms with Crippen LogP contribution in [-0.2, 0) is 9.59 Å². The van der Waals surface area contributed by atoms with Crippen molar-refractivity contribution in [2.24, 2.45) is 5.92 Å². The van der Waals surface area contributed by atoms with Gasteiger partial charge in [0.15, 0.2) is 0 Å². The highest BCUT2D eigenvalue weighted by Gasteiger charge is 2.32. The number of likely N-dealkylation sites (tertiary alicyclic amines) is 1. The lowest BCUT2D eigenvalue weighted by atomic mass is 9.84. The van der Waals surface area contributed by atoms with E-state index in [4.69, 9.17) is 5.41 Å². The second-order valence-corrected chi connectivity index (χ2v) is 9.07. The topological polar surface area (TPSA) is 85.3 Å². The Balaban J connectivity index is 1.43. The van der Waals surface area contributed by atoms with Crippen LogP contribution in [0, 0.1) is 11.3 Å². The second-order valence-electron chi connectivity index (χ2n) is 9.07. The quantitative estimate of drug-likeness (QED) is 0.511. The Morgan fingerprint density at radius 1 is 1.07 bits per heavy atom. The Labute approximate surface area is 179 Å². The maximum atomic E-state index is 12.2. The first-order chi connectivity index (χ1) is 14.6. The molecule has 3 N–H and O–H groups in total. The lowest BCUT2D eigenvalue weighted by Gasteiger charge is -2.39. The molecular weight excluding hydrogens is 376 g/mol. The number of rotatable bonds is 5. The normalized spacial score (nSPS) is 24.5. The first-order valence-electron chi connectivity index (χ1n) is 11.5. The molecule has 1 atom stereocenters. The minimum absolute atomic E-state index is 0.243. The van der Waals surface area contributed by atoms with Gasteiger partial charge < -0.3 is 15.6 Å². The van der Waals surface area contributed by atoms with E-state index in [2.05, 4.69) is 27.7 Å². The number of benzene rings is 1. The largest absolute Gasteiger partial charge is 0.388 e. The van der Waals surface area contributed by atoms with Gasteiger partial charge in [-0.3, -0.25) is 14.9 Å². The predicted octanol–water partition coefficient (Wildman–Crippen LogP) is 3.66. The van der Waals surface area contributed by atoms with E-state index in [0.29, 0.717) is 24.5 Å². The van der Waals surface area contributed by atoms with Crippen LogP contribution < -0.4 is 10.6 Å². The van der Waals surface area contributed by atoms with E-state index in [0.717, 1.165) is 17.3 Å². The number of amides is 2.